The van der Waals surface area contributed by atoms with E-state index in [1.165, 1.54) is 0 Å². The topological polar surface area (TPSA) is 126 Å². The van der Waals surface area contributed by atoms with Crippen LogP contribution in [0.1, 0.15) is 53.0 Å². The number of likely N-dealkylation sites (tertiary alicyclic amines) is 2. The number of nitrogens with one attached hydrogen (secondary N) is 1. The van der Waals surface area contributed by atoms with Gasteiger partial charge in [0.25, 0.3) is 0 Å². The van der Waals surface area contributed by atoms with E-state index in [9.17, 15) is 5.11 Å². The summed E-state index contributed by atoms with van der Waals surface area (Å²) in [5.41, 5.74) is 20.4. The lowest BCUT2D eigenvalue weighted by Gasteiger charge is -2.55. The zero-order chi connectivity index (χ0) is 26.4. The Morgan fingerprint density at radius 3 is 2.23 bits per heavy atom. The number of allylic oxidation sites excluding steroid dienone is 1. The van der Waals surface area contributed by atoms with Crippen molar-refractivity contribution in [2.24, 2.45) is 22.6 Å². The number of rotatable bonds is 9. The quantitative estimate of drug-likeness (QED) is 0.335. The molecule has 1 aromatic rings. The van der Waals surface area contributed by atoms with E-state index in [0.29, 0.717) is 16.7 Å². The zero-order valence-electron chi connectivity index (χ0n) is 22.8. The van der Waals surface area contributed by atoms with Crippen LogP contribution in [-0.2, 0) is 4.74 Å². The van der Waals surface area contributed by atoms with Crippen molar-refractivity contribution in [3.05, 3.63) is 47.4 Å². The fraction of sp³-hybridized carbons (Fsp3) is 0.630. The molecule has 0 aliphatic carbocycles. The SMILES string of the molecule is CC.CC.CCOC(CNC)CN1CC2(CCN(C(/C=C(\N)c3ccccc3O)=C(N)N)CC2)C1. The van der Waals surface area contributed by atoms with Gasteiger partial charge in [-0.2, -0.15) is 0 Å². The molecule has 2 saturated heterocycles. The third kappa shape index (κ3) is 8.63. The second-order valence-electron chi connectivity index (χ2n) is 8.75. The van der Waals surface area contributed by atoms with Gasteiger partial charge in [0.1, 0.15) is 11.6 Å². The van der Waals surface area contributed by atoms with Crippen LogP contribution in [0.5, 0.6) is 5.75 Å². The molecule has 8 nitrogen and oxygen atoms in total. The highest BCUT2D eigenvalue weighted by Gasteiger charge is 2.45. The van der Waals surface area contributed by atoms with Gasteiger partial charge in [0.05, 0.1) is 11.8 Å². The van der Waals surface area contributed by atoms with E-state index in [4.69, 9.17) is 21.9 Å². The molecule has 200 valence electrons. The van der Waals surface area contributed by atoms with E-state index < -0.39 is 0 Å². The van der Waals surface area contributed by atoms with Crippen LogP contribution in [0.15, 0.2) is 41.9 Å². The molecule has 2 aliphatic heterocycles. The summed E-state index contributed by atoms with van der Waals surface area (Å²) in [4.78, 5) is 4.71. The normalized spacial score (nSPS) is 17.9. The van der Waals surface area contributed by atoms with Crippen LogP contribution in [0.3, 0.4) is 0 Å². The van der Waals surface area contributed by atoms with E-state index in [1.807, 2.05) is 47.7 Å². The van der Waals surface area contributed by atoms with E-state index in [0.717, 1.165) is 64.4 Å². The smallest absolute Gasteiger partial charge is 0.124 e. The van der Waals surface area contributed by atoms with Gasteiger partial charge in [0.2, 0.25) is 0 Å². The van der Waals surface area contributed by atoms with E-state index in [-0.39, 0.29) is 17.7 Å². The molecule has 0 aromatic heterocycles. The summed E-state index contributed by atoms with van der Waals surface area (Å²) in [6, 6.07) is 7.00. The first-order chi connectivity index (χ1) is 16.9. The van der Waals surface area contributed by atoms with Crippen molar-refractivity contribution in [1.82, 2.24) is 15.1 Å². The first kappa shape index (κ1) is 30.6. The zero-order valence-corrected chi connectivity index (χ0v) is 22.8. The molecule has 0 saturated carbocycles. The first-order valence-electron chi connectivity index (χ1n) is 13.1. The molecule has 0 amide bonds. The lowest BCUT2D eigenvalue weighted by molar-refractivity contribution is -0.0690. The van der Waals surface area contributed by atoms with Gasteiger partial charge >= 0.3 is 0 Å². The number of phenolic OH excluding ortho intramolecular Hbond substituents is 1. The van der Waals surface area contributed by atoms with Gasteiger partial charge in [-0.25, -0.2) is 0 Å². The number of benzene rings is 1. The Balaban J connectivity index is 0.00000145. The molecular formula is C27H50N6O2. The summed E-state index contributed by atoms with van der Waals surface area (Å²) in [5.74, 6) is 0.387. The van der Waals surface area contributed by atoms with Crippen LogP contribution in [0.25, 0.3) is 5.70 Å². The lowest BCUT2D eigenvalue weighted by atomic mass is 9.71. The van der Waals surface area contributed by atoms with Crippen LogP contribution in [0.4, 0.5) is 0 Å². The molecule has 0 radical (unpaired) electrons. The van der Waals surface area contributed by atoms with E-state index >= 15 is 0 Å². The Kier molecular flexibility index (Phi) is 13.6. The molecule has 0 bridgehead atoms. The average molecular weight is 491 g/mol. The summed E-state index contributed by atoms with van der Waals surface area (Å²) < 4.78 is 5.84. The second-order valence-corrected chi connectivity index (χ2v) is 8.75. The molecule has 1 spiro atoms. The number of nitrogens with two attached hydrogens (primary N) is 3. The highest BCUT2D eigenvalue weighted by Crippen LogP contribution is 2.41. The van der Waals surface area contributed by atoms with Crippen LogP contribution in [0.2, 0.25) is 0 Å². The van der Waals surface area contributed by atoms with Crippen LogP contribution < -0.4 is 22.5 Å². The fourth-order valence-corrected chi connectivity index (χ4v) is 4.80. The van der Waals surface area contributed by atoms with Gasteiger partial charge in [0.15, 0.2) is 0 Å². The summed E-state index contributed by atoms with van der Waals surface area (Å²) in [6.07, 6.45) is 4.20. The highest BCUT2D eigenvalue weighted by molar-refractivity contribution is 5.69. The number of likely N-dealkylation sites (N-methyl/N-ethyl adjacent to an activating group) is 1. The van der Waals surface area contributed by atoms with Crippen LogP contribution in [-0.4, -0.2) is 73.9 Å². The minimum Gasteiger partial charge on any atom is -0.507 e. The minimum atomic E-state index is 0.141. The number of piperidine rings is 1. The molecule has 1 unspecified atom stereocenters. The number of ether oxygens (including phenoxy) is 1. The number of phenols is 1. The maximum atomic E-state index is 10.1. The average Bonchev–Trinajstić information content (AvgIpc) is 2.85. The number of aromatic hydroxyl groups is 1. The molecule has 35 heavy (non-hydrogen) atoms. The second kappa shape index (κ2) is 15.5. The molecule has 8 heteroatoms. The van der Waals surface area contributed by atoms with Crippen molar-refractivity contribution in [3.8, 4) is 5.75 Å². The third-order valence-corrected chi connectivity index (χ3v) is 6.38. The lowest BCUT2D eigenvalue weighted by Crippen LogP contribution is -2.62. The van der Waals surface area contributed by atoms with Gasteiger partial charge in [-0.15, -0.1) is 0 Å². The predicted octanol–water partition coefficient (Wildman–Crippen LogP) is 2.85. The van der Waals surface area contributed by atoms with Crippen molar-refractivity contribution in [2.75, 3.05) is 52.9 Å². The molecular weight excluding hydrogens is 440 g/mol. The number of hydrogen-bond acceptors (Lipinski definition) is 8. The Morgan fingerprint density at radius 1 is 1.11 bits per heavy atom. The first-order valence-corrected chi connectivity index (χ1v) is 13.1. The molecule has 2 fully saturated rings. The number of nitrogens with zero attached hydrogens (tertiary/aromatic N) is 2. The summed E-state index contributed by atoms with van der Waals surface area (Å²) in [5, 5.41) is 13.3. The van der Waals surface area contributed by atoms with E-state index in [2.05, 4.69) is 15.1 Å². The standard InChI is InChI=1S/C23H38N6O2.2C2H6/c1-3-31-17(13-27-2)14-28-15-23(16-28)8-10-29(11-9-23)20(22(25)26)12-19(24)18-6-4-5-7-21(18)30;2*1-2/h4-7,12,17,27,30H,3,8-11,13-16,24-26H2,1-2H3;2*1-2H3/b19-12-;;. The molecule has 2 aliphatic rings. The van der Waals surface area contributed by atoms with Gasteiger partial charge < -0.3 is 37.3 Å². The Morgan fingerprint density at radius 2 is 1.71 bits per heavy atom. The maximum Gasteiger partial charge on any atom is 0.124 e. The molecule has 1 aromatic carbocycles. The monoisotopic (exact) mass is 490 g/mol. The van der Waals surface area contributed by atoms with Crippen molar-refractivity contribution in [1.29, 1.82) is 0 Å². The number of para-hydroxylation sites is 1. The Labute approximate surface area is 213 Å². The third-order valence-electron chi connectivity index (χ3n) is 6.38. The maximum absolute atomic E-state index is 10.1. The van der Waals surface area contributed by atoms with Gasteiger partial charge in [-0.3, -0.25) is 4.90 Å². The van der Waals surface area contributed by atoms with Crippen molar-refractivity contribution in [3.63, 3.8) is 0 Å². The van der Waals surface area contributed by atoms with Gasteiger partial charge in [-0.1, -0.05) is 39.8 Å². The molecule has 3 rings (SSSR count). The highest BCUT2D eigenvalue weighted by atomic mass is 16.5. The van der Waals surface area contributed by atoms with Crippen LogP contribution >= 0.6 is 0 Å². The fourth-order valence-electron chi connectivity index (χ4n) is 4.80. The predicted molar refractivity (Wildman–Crippen MR) is 147 cm³/mol. The Bertz CT molecular complexity index is 785. The Hall–Kier alpha value is -2.42. The van der Waals surface area contributed by atoms with Gasteiger partial charge in [-0.05, 0) is 50.4 Å². The van der Waals surface area contributed by atoms with Crippen molar-refractivity contribution >= 4 is 5.70 Å². The summed E-state index contributed by atoms with van der Waals surface area (Å²) in [7, 11) is 1.97. The summed E-state index contributed by atoms with van der Waals surface area (Å²) in [6.45, 7) is 16.6. The van der Waals surface area contributed by atoms with Crippen LogP contribution in [0, 0.1) is 5.41 Å². The molecule has 2 heterocycles. The van der Waals surface area contributed by atoms with Gasteiger partial charge in [0, 0.05) is 57.1 Å². The minimum absolute atomic E-state index is 0.141. The van der Waals surface area contributed by atoms with E-state index in [1.54, 1.807) is 24.3 Å². The largest absolute Gasteiger partial charge is 0.507 e. The molecule has 1 atom stereocenters. The molecule has 8 N–H and O–H groups in total. The van der Waals surface area contributed by atoms with Crippen molar-refractivity contribution in [2.45, 2.75) is 53.6 Å². The van der Waals surface area contributed by atoms with Crippen molar-refractivity contribution < 1.29 is 9.84 Å². The summed E-state index contributed by atoms with van der Waals surface area (Å²) >= 11 is 0. The number of hydrogen-bond donors (Lipinski definition) is 5.